The molecule has 12 heavy (non-hydrogen) atoms. The lowest BCUT2D eigenvalue weighted by Crippen LogP contribution is -2.29. The zero-order chi connectivity index (χ0) is 9.14. The highest BCUT2D eigenvalue weighted by Gasteiger charge is 2.01. The Labute approximate surface area is 70.5 Å². The van der Waals surface area contributed by atoms with Crippen molar-refractivity contribution in [3.05, 3.63) is 17.5 Å². The zero-order valence-corrected chi connectivity index (χ0v) is 7.16. The van der Waals surface area contributed by atoms with Gasteiger partial charge in [0, 0.05) is 7.05 Å². The maximum Gasteiger partial charge on any atom is 0.312 e. The molecule has 0 saturated carbocycles. The molecule has 1 rings (SSSR count). The number of nitrogens with zero attached hydrogens (tertiary/aromatic N) is 2. The van der Waals surface area contributed by atoms with Crippen LogP contribution in [0.1, 0.15) is 11.4 Å². The molecule has 1 aromatic rings. The van der Waals surface area contributed by atoms with Gasteiger partial charge in [0.05, 0.1) is 17.9 Å². The Morgan fingerprint density at radius 3 is 2.92 bits per heavy atom. The third-order valence-corrected chi connectivity index (χ3v) is 1.54. The van der Waals surface area contributed by atoms with Gasteiger partial charge in [0.25, 0.3) is 0 Å². The van der Waals surface area contributed by atoms with Crippen LogP contribution in [0.25, 0.3) is 0 Å². The highest BCUT2D eigenvalue weighted by molar-refractivity contribution is 5.71. The molecule has 2 amide bonds. The summed E-state index contributed by atoms with van der Waals surface area (Å²) < 4.78 is 1.71. The highest BCUT2D eigenvalue weighted by atomic mass is 16.2. The zero-order valence-electron chi connectivity index (χ0n) is 7.16. The number of urea groups is 1. The molecule has 0 saturated heterocycles. The lowest BCUT2D eigenvalue weighted by molar-refractivity contribution is 0.248. The van der Waals surface area contributed by atoms with E-state index in [-0.39, 0.29) is 0 Å². The fraction of sp³-hybridized carbons (Fsp3) is 0.429. The molecular formula is C7H12N4O. The van der Waals surface area contributed by atoms with Crippen LogP contribution in [-0.2, 0) is 13.6 Å². The minimum absolute atomic E-state index is 0.423. The van der Waals surface area contributed by atoms with Gasteiger partial charge in [-0.25, -0.2) is 4.79 Å². The van der Waals surface area contributed by atoms with Crippen LogP contribution in [0.2, 0.25) is 0 Å². The Morgan fingerprint density at radius 2 is 2.50 bits per heavy atom. The van der Waals surface area contributed by atoms with Crippen LogP contribution < -0.4 is 11.1 Å². The average molecular weight is 168 g/mol. The van der Waals surface area contributed by atoms with E-state index in [4.69, 9.17) is 5.73 Å². The predicted octanol–water partition coefficient (Wildman–Crippen LogP) is -0.103. The number of carbonyl (C=O) groups excluding carboxylic acids is 1. The Morgan fingerprint density at radius 1 is 1.83 bits per heavy atom. The Bertz CT molecular complexity index is 292. The maximum absolute atomic E-state index is 10.4. The van der Waals surface area contributed by atoms with Gasteiger partial charge in [-0.15, -0.1) is 0 Å². The number of rotatable bonds is 2. The molecule has 0 unspecified atom stereocenters. The normalized spacial score (nSPS) is 9.83. The number of nitrogens with one attached hydrogen (secondary N) is 1. The van der Waals surface area contributed by atoms with Crippen molar-refractivity contribution < 1.29 is 4.79 Å². The van der Waals surface area contributed by atoms with Crippen LogP contribution in [0.3, 0.4) is 0 Å². The van der Waals surface area contributed by atoms with Gasteiger partial charge in [-0.3, -0.25) is 4.68 Å². The van der Waals surface area contributed by atoms with E-state index in [1.54, 1.807) is 4.68 Å². The van der Waals surface area contributed by atoms with Crippen molar-refractivity contribution in [2.75, 3.05) is 0 Å². The molecule has 0 bridgehead atoms. The van der Waals surface area contributed by atoms with Crippen LogP contribution in [0.5, 0.6) is 0 Å². The highest BCUT2D eigenvalue weighted by Crippen LogP contribution is 2.00. The van der Waals surface area contributed by atoms with Crippen LogP contribution in [-0.4, -0.2) is 15.8 Å². The van der Waals surface area contributed by atoms with Crippen molar-refractivity contribution in [2.24, 2.45) is 12.8 Å². The molecule has 5 nitrogen and oxygen atoms in total. The maximum atomic E-state index is 10.4. The summed E-state index contributed by atoms with van der Waals surface area (Å²) in [5.74, 6) is 0. The predicted molar refractivity (Wildman–Crippen MR) is 44.4 cm³/mol. The van der Waals surface area contributed by atoms with E-state index in [9.17, 15) is 4.79 Å². The van der Waals surface area contributed by atoms with Crippen molar-refractivity contribution in [2.45, 2.75) is 13.5 Å². The fourth-order valence-electron chi connectivity index (χ4n) is 1.01. The number of carbonyl (C=O) groups is 1. The second kappa shape index (κ2) is 3.25. The van der Waals surface area contributed by atoms with E-state index in [2.05, 4.69) is 10.4 Å². The SMILES string of the molecule is Cc1cc(CNC(N)=O)n(C)n1. The average Bonchev–Trinajstić information content (AvgIpc) is 2.26. The second-order valence-electron chi connectivity index (χ2n) is 2.62. The number of amides is 2. The number of hydrogen-bond donors (Lipinski definition) is 2. The molecular weight excluding hydrogens is 156 g/mol. The number of aryl methyl sites for hydroxylation is 2. The van der Waals surface area contributed by atoms with Gasteiger partial charge >= 0.3 is 6.03 Å². The topological polar surface area (TPSA) is 72.9 Å². The van der Waals surface area contributed by atoms with Gasteiger partial charge in [-0.1, -0.05) is 0 Å². The van der Waals surface area contributed by atoms with E-state index in [0.717, 1.165) is 11.4 Å². The van der Waals surface area contributed by atoms with Gasteiger partial charge < -0.3 is 11.1 Å². The Balaban J connectivity index is 2.62. The third-order valence-electron chi connectivity index (χ3n) is 1.54. The van der Waals surface area contributed by atoms with Crippen LogP contribution >= 0.6 is 0 Å². The molecule has 0 atom stereocenters. The minimum atomic E-state index is -0.520. The molecule has 1 heterocycles. The first kappa shape index (κ1) is 8.58. The summed E-state index contributed by atoms with van der Waals surface area (Å²) in [4.78, 5) is 10.4. The number of aromatic nitrogens is 2. The van der Waals surface area contributed by atoms with Crippen LogP contribution in [0, 0.1) is 6.92 Å². The first-order chi connectivity index (χ1) is 5.59. The molecule has 0 aromatic carbocycles. The summed E-state index contributed by atoms with van der Waals surface area (Å²) in [6.07, 6.45) is 0. The summed E-state index contributed by atoms with van der Waals surface area (Å²) in [6.45, 7) is 2.32. The monoisotopic (exact) mass is 168 g/mol. The molecule has 1 aromatic heterocycles. The van der Waals surface area contributed by atoms with E-state index in [1.165, 1.54) is 0 Å². The summed E-state index contributed by atoms with van der Waals surface area (Å²) in [7, 11) is 1.82. The molecule has 0 spiro atoms. The van der Waals surface area contributed by atoms with Crippen LogP contribution in [0.15, 0.2) is 6.07 Å². The van der Waals surface area contributed by atoms with Gasteiger partial charge in [0.15, 0.2) is 0 Å². The lowest BCUT2D eigenvalue weighted by Gasteiger charge is -2.00. The Hall–Kier alpha value is -1.52. The first-order valence-electron chi connectivity index (χ1n) is 3.62. The third kappa shape index (κ3) is 1.98. The molecule has 0 aliphatic heterocycles. The van der Waals surface area contributed by atoms with E-state index >= 15 is 0 Å². The van der Waals surface area contributed by atoms with Crippen molar-refractivity contribution in [3.8, 4) is 0 Å². The quantitative estimate of drug-likeness (QED) is 0.647. The number of primary amides is 1. The molecule has 3 N–H and O–H groups in total. The largest absolute Gasteiger partial charge is 0.352 e. The smallest absolute Gasteiger partial charge is 0.312 e. The molecule has 66 valence electrons. The lowest BCUT2D eigenvalue weighted by atomic mass is 10.4. The van der Waals surface area contributed by atoms with Gasteiger partial charge in [-0.2, -0.15) is 5.10 Å². The summed E-state index contributed by atoms with van der Waals surface area (Å²) >= 11 is 0. The van der Waals surface area contributed by atoms with Crippen molar-refractivity contribution >= 4 is 6.03 Å². The van der Waals surface area contributed by atoms with E-state index in [0.29, 0.717) is 6.54 Å². The van der Waals surface area contributed by atoms with E-state index in [1.807, 2.05) is 20.0 Å². The van der Waals surface area contributed by atoms with Gasteiger partial charge in [0.2, 0.25) is 0 Å². The number of hydrogen-bond acceptors (Lipinski definition) is 2. The fourth-order valence-corrected chi connectivity index (χ4v) is 1.01. The van der Waals surface area contributed by atoms with E-state index < -0.39 is 6.03 Å². The summed E-state index contributed by atoms with van der Waals surface area (Å²) in [5.41, 5.74) is 6.78. The Kier molecular flexibility index (Phi) is 2.32. The standard InChI is InChI=1S/C7H12N4O/c1-5-3-6(11(2)10-5)4-9-7(8)12/h3H,4H2,1-2H3,(H3,8,9,12). The molecule has 0 fully saturated rings. The van der Waals surface area contributed by atoms with Crippen molar-refractivity contribution in [1.82, 2.24) is 15.1 Å². The second-order valence-corrected chi connectivity index (χ2v) is 2.62. The van der Waals surface area contributed by atoms with Crippen molar-refractivity contribution in [1.29, 1.82) is 0 Å². The van der Waals surface area contributed by atoms with Crippen LogP contribution in [0.4, 0.5) is 4.79 Å². The molecule has 0 aliphatic rings. The molecule has 5 heteroatoms. The van der Waals surface area contributed by atoms with Crippen molar-refractivity contribution in [3.63, 3.8) is 0 Å². The molecule has 0 radical (unpaired) electrons. The summed E-state index contributed by atoms with van der Waals surface area (Å²) in [5, 5.41) is 6.61. The minimum Gasteiger partial charge on any atom is -0.352 e. The first-order valence-corrected chi connectivity index (χ1v) is 3.62. The summed E-state index contributed by atoms with van der Waals surface area (Å²) in [6, 6.07) is 1.38. The molecule has 0 aliphatic carbocycles. The van der Waals surface area contributed by atoms with Gasteiger partial charge in [0.1, 0.15) is 0 Å². The van der Waals surface area contributed by atoms with Gasteiger partial charge in [-0.05, 0) is 13.0 Å². The number of nitrogens with two attached hydrogens (primary N) is 1.